The van der Waals surface area contributed by atoms with Crippen LogP contribution in [0.25, 0.3) is 0 Å². The van der Waals surface area contributed by atoms with E-state index in [1.807, 2.05) is 0 Å². The summed E-state index contributed by atoms with van der Waals surface area (Å²) in [5.41, 5.74) is 0.785. The quantitative estimate of drug-likeness (QED) is 0.940. The van der Waals surface area contributed by atoms with Gasteiger partial charge in [-0.1, -0.05) is 0 Å². The Labute approximate surface area is 107 Å². The van der Waals surface area contributed by atoms with Gasteiger partial charge in [-0.3, -0.25) is 4.68 Å². The fourth-order valence-electron chi connectivity index (χ4n) is 1.35. The standard InChI is InChI=1S/C10H10F3N3O.ClH/c1-14-7-4-15-16(5-7)6-8-2-3-9(17-8)10(11,12)13;/h2-5,14H,6H2,1H3;1H. The number of rotatable bonds is 3. The molecule has 1 N–H and O–H groups in total. The first-order chi connectivity index (χ1) is 7.99. The molecule has 0 saturated carbocycles. The summed E-state index contributed by atoms with van der Waals surface area (Å²) in [6.07, 6.45) is -1.19. The van der Waals surface area contributed by atoms with E-state index in [2.05, 4.69) is 14.8 Å². The van der Waals surface area contributed by atoms with Crippen LogP contribution in [0.3, 0.4) is 0 Å². The van der Waals surface area contributed by atoms with Gasteiger partial charge in [0.25, 0.3) is 0 Å². The minimum absolute atomic E-state index is 0. The smallest absolute Gasteiger partial charge is 0.449 e. The summed E-state index contributed by atoms with van der Waals surface area (Å²) >= 11 is 0. The molecule has 2 rings (SSSR count). The second-order valence-corrected chi connectivity index (χ2v) is 3.44. The highest BCUT2D eigenvalue weighted by Gasteiger charge is 2.34. The van der Waals surface area contributed by atoms with E-state index in [1.54, 1.807) is 19.4 Å². The van der Waals surface area contributed by atoms with E-state index >= 15 is 0 Å². The molecule has 0 aromatic carbocycles. The maximum Gasteiger partial charge on any atom is 0.449 e. The number of alkyl halides is 3. The molecule has 2 heterocycles. The number of furan rings is 1. The largest absolute Gasteiger partial charge is 0.455 e. The Morgan fingerprint density at radius 3 is 2.61 bits per heavy atom. The first kappa shape index (κ1) is 14.4. The zero-order chi connectivity index (χ0) is 12.5. The maximum atomic E-state index is 12.3. The highest BCUT2D eigenvalue weighted by atomic mass is 35.5. The molecule has 0 saturated heterocycles. The van der Waals surface area contributed by atoms with E-state index < -0.39 is 11.9 Å². The molecule has 4 nitrogen and oxygen atoms in total. The molecule has 0 aliphatic heterocycles. The second kappa shape index (κ2) is 5.34. The molecule has 0 unspecified atom stereocenters. The van der Waals surface area contributed by atoms with Gasteiger partial charge in [0.05, 0.1) is 18.4 Å². The molecule has 0 aliphatic rings. The summed E-state index contributed by atoms with van der Waals surface area (Å²) in [6.45, 7) is 0.164. The summed E-state index contributed by atoms with van der Waals surface area (Å²) in [5, 5.41) is 6.84. The van der Waals surface area contributed by atoms with Crippen molar-refractivity contribution < 1.29 is 17.6 Å². The van der Waals surface area contributed by atoms with Gasteiger partial charge in [0, 0.05) is 13.2 Å². The molecular weight excluding hydrogens is 271 g/mol. The van der Waals surface area contributed by atoms with E-state index in [9.17, 15) is 13.2 Å². The van der Waals surface area contributed by atoms with Gasteiger partial charge in [0.2, 0.25) is 5.76 Å². The number of aromatic nitrogens is 2. The second-order valence-electron chi connectivity index (χ2n) is 3.44. The monoisotopic (exact) mass is 281 g/mol. The number of nitrogens with one attached hydrogen (secondary N) is 1. The van der Waals surface area contributed by atoms with Crippen molar-refractivity contribution in [3.63, 3.8) is 0 Å². The zero-order valence-corrected chi connectivity index (χ0v) is 10.2. The first-order valence-electron chi connectivity index (χ1n) is 4.85. The van der Waals surface area contributed by atoms with Crippen LogP contribution in [-0.4, -0.2) is 16.8 Å². The van der Waals surface area contributed by atoms with Gasteiger partial charge in [-0.25, -0.2) is 0 Å². The lowest BCUT2D eigenvalue weighted by atomic mass is 10.4. The number of halogens is 4. The van der Waals surface area contributed by atoms with Crippen molar-refractivity contribution in [1.82, 2.24) is 9.78 Å². The molecule has 0 spiro atoms. The lowest BCUT2D eigenvalue weighted by Crippen LogP contribution is -2.03. The van der Waals surface area contributed by atoms with Crippen molar-refractivity contribution in [3.05, 3.63) is 36.0 Å². The Hall–Kier alpha value is -1.63. The van der Waals surface area contributed by atoms with Gasteiger partial charge < -0.3 is 9.73 Å². The number of anilines is 1. The van der Waals surface area contributed by atoms with Crippen LogP contribution in [0.5, 0.6) is 0 Å². The maximum absolute atomic E-state index is 12.3. The van der Waals surface area contributed by atoms with E-state index in [4.69, 9.17) is 0 Å². The summed E-state index contributed by atoms with van der Waals surface area (Å²) in [5.74, 6) is -0.781. The molecule has 0 amide bonds. The SMILES string of the molecule is CNc1cnn(Cc2ccc(C(F)(F)F)o2)c1.Cl. The van der Waals surface area contributed by atoms with Crippen LogP contribution in [-0.2, 0) is 12.7 Å². The van der Waals surface area contributed by atoms with Crippen LogP contribution in [0, 0.1) is 0 Å². The van der Waals surface area contributed by atoms with Crippen LogP contribution in [0.4, 0.5) is 18.9 Å². The summed E-state index contributed by atoms with van der Waals surface area (Å²) < 4.78 is 43.0. The van der Waals surface area contributed by atoms with Gasteiger partial charge >= 0.3 is 6.18 Å². The number of hydrogen-bond donors (Lipinski definition) is 1. The van der Waals surface area contributed by atoms with Crippen LogP contribution in [0.2, 0.25) is 0 Å². The van der Waals surface area contributed by atoms with Crippen LogP contribution in [0.15, 0.2) is 28.9 Å². The molecule has 8 heteroatoms. The van der Waals surface area contributed by atoms with Crippen LogP contribution in [0.1, 0.15) is 11.5 Å². The molecule has 0 aliphatic carbocycles. The average Bonchev–Trinajstić information content (AvgIpc) is 2.86. The van der Waals surface area contributed by atoms with E-state index in [1.165, 1.54) is 10.7 Å². The first-order valence-corrected chi connectivity index (χ1v) is 4.85. The van der Waals surface area contributed by atoms with Crippen molar-refractivity contribution >= 4 is 18.1 Å². The molecule has 2 aromatic heterocycles. The molecule has 0 atom stereocenters. The van der Waals surface area contributed by atoms with Crippen LogP contribution >= 0.6 is 12.4 Å². The third-order valence-corrected chi connectivity index (χ3v) is 2.18. The average molecular weight is 282 g/mol. The Balaban J connectivity index is 0.00000162. The minimum atomic E-state index is -4.45. The Morgan fingerprint density at radius 2 is 2.11 bits per heavy atom. The third-order valence-electron chi connectivity index (χ3n) is 2.18. The predicted molar refractivity (Wildman–Crippen MR) is 61.8 cm³/mol. The van der Waals surface area contributed by atoms with Crippen molar-refractivity contribution in [2.24, 2.45) is 0 Å². The molecule has 2 aromatic rings. The number of hydrogen-bond acceptors (Lipinski definition) is 3. The lowest BCUT2D eigenvalue weighted by molar-refractivity contribution is -0.153. The van der Waals surface area contributed by atoms with E-state index in [0.29, 0.717) is 0 Å². The summed E-state index contributed by atoms with van der Waals surface area (Å²) in [4.78, 5) is 0. The fraction of sp³-hybridized carbons (Fsp3) is 0.300. The molecule has 100 valence electrons. The predicted octanol–water partition coefficient (Wildman–Crippen LogP) is 3.01. The summed E-state index contributed by atoms with van der Waals surface area (Å²) in [6, 6.07) is 2.21. The third kappa shape index (κ3) is 3.19. The topological polar surface area (TPSA) is 43.0 Å². The van der Waals surface area contributed by atoms with Gasteiger partial charge in [-0.2, -0.15) is 18.3 Å². The van der Waals surface area contributed by atoms with Crippen LogP contribution < -0.4 is 5.32 Å². The Morgan fingerprint density at radius 1 is 1.39 bits per heavy atom. The Bertz CT molecular complexity index is 506. The highest BCUT2D eigenvalue weighted by molar-refractivity contribution is 5.85. The fourth-order valence-corrected chi connectivity index (χ4v) is 1.35. The van der Waals surface area contributed by atoms with E-state index in [-0.39, 0.29) is 24.7 Å². The van der Waals surface area contributed by atoms with Crippen molar-refractivity contribution in [2.75, 3.05) is 12.4 Å². The highest BCUT2D eigenvalue weighted by Crippen LogP contribution is 2.30. The normalized spacial score (nSPS) is 11.1. The molecule has 0 bridgehead atoms. The van der Waals surface area contributed by atoms with E-state index in [0.717, 1.165) is 11.8 Å². The van der Waals surface area contributed by atoms with Crippen molar-refractivity contribution in [1.29, 1.82) is 0 Å². The molecule has 0 fully saturated rings. The molecule has 0 radical (unpaired) electrons. The zero-order valence-electron chi connectivity index (χ0n) is 9.36. The number of nitrogens with zero attached hydrogens (tertiary/aromatic N) is 2. The molecule has 18 heavy (non-hydrogen) atoms. The lowest BCUT2D eigenvalue weighted by Gasteiger charge is -2.01. The Kier molecular flexibility index (Phi) is 4.28. The summed E-state index contributed by atoms with van der Waals surface area (Å²) in [7, 11) is 1.73. The van der Waals surface area contributed by atoms with Gasteiger partial charge in [0.15, 0.2) is 0 Å². The minimum Gasteiger partial charge on any atom is -0.455 e. The molecular formula is C10H11ClF3N3O. The van der Waals surface area contributed by atoms with Crippen molar-refractivity contribution in [3.8, 4) is 0 Å². The van der Waals surface area contributed by atoms with Gasteiger partial charge in [-0.15, -0.1) is 12.4 Å². The van der Waals surface area contributed by atoms with Crippen molar-refractivity contribution in [2.45, 2.75) is 12.7 Å². The van der Waals surface area contributed by atoms with Gasteiger partial charge in [0.1, 0.15) is 5.76 Å². The van der Waals surface area contributed by atoms with Gasteiger partial charge in [-0.05, 0) is 12.1 Å².